The third-order valence-corrected chi connectivity index (χ3v) is 4.38. The van der Waals surface area contributed by atoms with Crippen molar-refractivity contribution < 1.29 is 4.74 Å². The smallest absolute Gasteiger partial charge is 0.118 e. The van der Waals surface area contributed by atoms with Gasteiger partial charge in [-0.1, -0.05) is 17.7 Å². The Balaban J connectivity index is 1.95. The zero-order chi connectivity index (χ0) is 16.5. The molecule has 24 heavy (non-hydrogen) atoms. The van der Waals surface area contributed by atoms with Gasteiger partial charge in [0.1, 0.15) is 5.75 Å². The van der Waals surface area contributed by atoms with Crippen molar-refractivity contribution in [1.29, 1.82) is 0 Å². The molecule has 1 aromatic heterocycles. The number of aryl methyl sites for hydroxylation is 1. The minimum atomic E-state index is 0.847. The maximum absolute atomic E-state index is 5.28. The second-order valence-electron chi connectivity index (χ2n) is 6.03. The third-order valence-electron chi connectivity index (χ3n) is 4.38. The monoisotopic (exact) mass is 314 g/mol. The second-order valence-corrected chi connectivity index (χ2v) is 6.03. The van der Waals surface area contributed by atoms with E-state index in [0.717, 1.165) is 29.1 Å². The van der Waals surface area contributed by atoms with Gasteiger partial charge in [-0.25, -0.2) is 4.99 Å². The van der Waals surface area contributed by atoms with Crippen LogP contribution < -0.4 is 4.74 Å². The maximum atomic E-state index is 5.28. The topological polar surface area (TPSA) is 34.5 Å². The van der Waals surface area contributed by atoms with E-state index in [1.165, 1.54) is 22.3 Å². The summed E-state index contributed by atoms with van der Waals surface area (Å²) in [7, 11) is 1.68. The van der Waals surface area contributed by atoms with Crippen LogP contribution in [-0.2, 0) is 6.42 Å². The average Bonchev–Trinajstić information content (AvgIpc) is 2.78. The Labute approximate surface area is 141 Å². The molecule has 0 radical (unpaired) electrons. The van der Waals surface area contributed by atoms with Crippen molar-refractivity contribution >= 4 is 11.4 Å². The average molecular weight is 314 g/mol. The normalized spacial score (nSPS) is 12.7. The van der Waals surface area contributed by atoms with Crippen LogP contribution in [0.1, 0.15) is 27.8 Å². The number of nitrogens with zero attached hydrogens (tertiary/aromatic N) is 2. The summed E-state index contributed by atoms with van der Waals surface area (Å²) >= 11 is 0. The first-order valence-corrected chi connectivity index (χ1v) is 8.00. The van der Waals surface area contributed by atoms with Crippen LogP contribution in [0.25, 0.3) is 0 Å². The van der Waals surface area contributed by atoms with Crippen LogP contribution >= 0.6 is 0 Å². The van der Waals surface area contributed by atoms with Crippen molar-refractivity contribution in [1.82, 2.24) is 4.98 Å². The van der Waals surface area contributed by atoms with E-state index in [9.17, 15) is 0 Å². The molecule has 0 bridgehead atoms. The van der Waals surface area contributed by atoms with E-state index in [2.05, 4.69) is 48.3 Å². The van der Waals surface area contributed by atoms with Crippen molar-refractivity contribution in [2.24, 2.45) is 4.99 Å². The summed E-state index contributed by atoms with van der Waals surface area (Å²) in [6.45, 7) is 2.12. The molecule has 4 rings (SSSR count). The Bertz CT molecular complexity index is 927. The molecular weight excluding hydrogens is 296 g/mol. The van der Waals surface area contributed by atoms with Crippen LogP contribution in [-0.4, -0.2) is 17.8 Å². The quantitative estimate of drug-likeness (QED) is 0.547. The number of ether oxygens (including phenoxy) is 1. The summed E-state index contributed by atoms with van der Waals surface area (Å²) in [5.41, 5.74) is 7.94. The van der Waals surface area contributed by atoms with Gasteiger partial charge in [0.05, 0.1) is 24.7 Å². The molecule has 2 heterocycles. The Hall–Kier alpha value is -2.94. The summed E-state index contributed by atoms with van der Waals surface area (Å²) in [5.74, 6) is 0.847. The fourth-order valence-corrected chi connectivity index (χ4v) is 3.08. The molecule has 1 aliphatic rings. The van der Waals surface area contributed by atoms with Gasteiger partial charge in [0.2, 0.25) is 0 Å². The van der Waals surface area contributed by atoms with Gasteiger partial charge in [0, 0.05) is 23.7 Å². The first-order valence-electron chi connectivity index (χ1n) is 8.00. The van der Waals surface area contributed by atoms with Gasteiger partial charge in [-0.05, 0) is 54.4 Å². The Kier molecular flexibility index (Phi) is 3.62. The predicted molar refractivity (Wildman–Crippen MR) is 96.5 cm³/mol. The molecule has 118 valence electrons. The number of benzene rings is 2. The lowest BCUT2D eigenvalue weighted by molar-refractivity contribution is 0.415. The van der Waals surface area contributed by atoms with E-state index in [0.29, 0.717) is 0 Å². The van der Waals surface area contributed by atoms with Crippen LogP contribution in [0.2, 0.25) is 0 Å². The molecule has 3 heteroatoms. The Morgan fingerprint density at radius 3 is 2.58 bits per heavy atom. The van der Waals surface area contributed by atoms with Gasteiger partial charge in [0.15, 0.2) is 0 Å². The van der Waals surface area contributed by atoms with Gasteiger partial charge in [-0.15, -0.1) is 0 Å². The third kappa shape index (κ3) is 2.58. The highest BCUT2D eigenvalue weighted by Gasteiger charge is 2.18. The van der Waals surface area contributed by atoms with E-state index >= 15 is 0 Å². The van der Waals surface area contributed by atoms with E-state index < -0.39 is 0 Å². The number of fused-ring (bicyclic) bond motifs is 2. The molecule has 0 amide bonds. The first kappa shape index (κ1) is 14.6. The SMILES string of the molecule is COc1ccc(C2=Nc3cnccc3Cc3ccc(C)cc32)cc1. The molecule has 0 atom stereocenters. The highest BCUT2D eigenvalue weighted by Crippen LogP contribution is 2.30. The van der Waals surface area contributed by atoms with Crippen LogP contribution in [0, 0.1) is 6.92 Å². The zero-order valence-electron chi connectivity index (χ0n) is 13.8. The first-order chi connectivity index (χ1) is 11.7. The molecule has 0 unspecified atom stereocenters. The van der Waals surface area contributed by atoms with Gasteiger partial charge in [-0.3, -0.25) is 4.98 Å². The molecule has 0 N–H and O–H groups in total. The van der Waals surface area contributed by atoms with Crippen molar-refractivity contribution in [3.63, 3.8) is 0 Å². The number of aromatic nitrogens is 1. The minimum absolute atomic E-state index is 0.847. The highest BCUT2D eigenvalue weighted by atomic mass is 16.5. The number of hydrogen-bond acceptors (Lipinski definition) is 3. The number of rotatable bonds is 2. The molecule has 0 spiro atoms. The molecule has 0 saturated carbocycles. The summed E-state index contributed by atoms with van der Waals surface area (Å²) < 4.78 is 5.28. The lowest BCUT2D eigenvalue weighted by atomic mass is 9.93. The Morgan fingerprint density at radius 1 is 0.958 bits per heavy atom. The molecular formula is C21H18N2O. The number of methoxy groups -OCH3 is 1. The van der Waals surface area contributed by atoms with E-state index in [4.69, 9.17) is 9.73 Å². The van der Waals surface area contributed by atoms with E-state index in [1.54, 1.807) is 7.11 Å². The van der Waals surface area contributed by atoms with Crippen molar-refractivity contribution in [2.45, 2.75) is 13.3 Å². The molecule has 0 aliphatic carbocycles. The number of hydrogen-bond donors (Lipinski definition) is 0. The lowest BCUT2D eigenvalue weighted by Crippen LogP contribution is -2.06. The summed E-state index contributed by atoms with van der Waals surface area (Å²) in [6, 6.07) is 16.7. The van der Waals surface area contributed by atoms with Crippen molar-refractivity contribution in [3.8, 4) is 5.75 Å². The molecule has 0 saturated heterocycles. The van der Waals surface area contributed by atoms with Gasteiger partial charge < -0.3 is 4.74 Å². The predicted octanol–water partition coefficient (Wildman–Crippen LogP) is 4.47. The molecule has 2 aromatic carbocycles. The minimum Gasteiger partial charge on any atom is -0.497 e. The van der Waals surface area contributed by atoms with Gasteiger partial charge in [0.25, 0.3) is 0 Å². The molecule has 0 fully saturated rings. The van der Waals surface area contributed by atoms with E-state index in [-0.39, 0.29) is 0 Å². The lowest BCUT2D eigenvalue weighted by Gasteiger charge is -2.11. The molecule has 3 aromatic rings. The van der Waals surface area contributed by atoms with Crippen LogP contribution in [0.3, 0.4) is 0 Å². The zero-order valence-corrected chi connectivity index (χ0v) is 13.8. The van der Waals surface area contributed by atoms with E-state index in [1.807, 2.05) is 24.5 Å². The number of pyridine rings is 1. The standard InChI is InChI=1S/C21H18N2O/c1-14-3-4-16-12-17-9-10-22-13-20(17)23-21(19(16)11-14)15-5-7-18(24-2)8-6-15/h3-11,13H,12H2,1-2H3. The summed E-state index contributed by atoms with van der Waals surface area (Å²) in [4.78, 5) is 9.21. The molecule has 3 nitrogen and oxygen atoms in total. The number of aliphatic imine (C=N–C) groups is 1. The fraction of sp³-hybridized carbons (Fsp3) is 0.143. The van der Waals surface area contributed by atoms with Crippen molar-refractivity contribution in [3.05, 3.63) is 88.7 Å². The summed E-state index contributed by atoms with van der Waals surface area (Å²) in [6.07, 6.45) is 4.55. The summed E-state index contributed by atoms with van der Waals surface area (Å²) in [5, 5.41) is 0. The second kappa shape index (κ2) is 5.93. The van der Waals surface area contributed by atoms with Gasteiger partial charge in [-0.2, -0.15) is 0 Å². The Morgan fingerprint density at radius 2 is 1.79 bits per heavy atom. The van der Waals surface area contributed by atoms with Crippen molar-refractivity contribution in [2.75, 3.05) is 7.11 Å². The van der Waals surface area contributed by atoms with Crippen LogP contribution in [0.4, 0.5) is 5.69 Å². The van der Waals surface area contributed by atoms with Crippen LogP contribution in [0.5, 0.6) is 5.75 Å². The largest absolute Gasteiger partial charge is 0.497 e. The van der Waals surface area contributed by atoms with Gasteiger partial charge >= 0.3 is 0 Å². The maximum Gasteiger partial charge on any atom is 0.118 e. The highest BCUT2D eigenvalue weighted by molar-refractivity contribution is 6.15. The fourth-order valence-electron chi connectivity index (χ4n) is 3.08. The van der Waals surface area contributed by atoms with Crippen LogP contribution in [0.15, 0.2) is 65.9 Å². The molecule has 1 aliphatic heterocycles.